The summed E-state index contributed by atoms with van der Waals surface area (Å²) < 4.78 is 5.91. The van der Waals surface area contributed by atoms with Crippen molar-refractivity contribution in [2.45, 2.75) is 58.2 Å². The molecule has 8 nitrogen and oxygen atoms in total. The van der Waals surface area contributed by atoms with Crippen LogP contribution in [0, 0.1) is 12.8 Å². The number of amides is 1. The maximum atomic E-state index is 12.3. The normalized spacial score (nSPS) is 18.3. The lowest BCUT2D eigenvalue weighted by molar-refractivity contribution is -0.140. The van der Waals surface area contributed by atoms with Crippen molar-refractivity contribution < 1.29 is 24.2 Å². The molecule has 166 valence electrons. The Morgan fingerprint density at radius 2 is 2.20 bits per heavy atom. The van der Waals surface area contributed by atoms with Crippen LogP contribution in [0.5, 0.6) is 5.75 Å². The van der Waals surface area contributed by atoms with Crippen LogP contribution in [0.1, 0.15) is 43.7 Å². The molecule has 4 N–H and O–H groups in total. The number of benzene rings is 1. The van der Waals surface area contributed by atoms with Crippen molar-refractivity contribution in [3.8, 4) is 5.75 Å². The van der Waals surface area contributed by atoms with Crippen molar-refractivity contribution in [1.82, 2.24) is 16.0 Å². The monoisotopic (exact) mass is 419 g/mol. The van der Waals surface area contributed by atoms with Gasteiger partial charge in [0.25, 0.3) is 0 Å². The molecule has 1 heterocycles. The van der Waals surface area contributed by atoms with Crippen molar-refractivity contribution >= 4 is 18.2 Å². The Labute approximate surface area is 177 Å². The molecule has 0 saturated carbocycles. The molecule has 2 unspecified atom stereocenters. The first-order valence-corrected chi connectivity index (χ1v) is 10.5. The van der Waals surface area contributed by atoms with Gasteiger partial charge in [0.05, 0.1) is 12.6 Å². The highest BCUT2D eigenvalue weighted by atomic mass is 16.5. The topological polar surface area (TPSA) is 117 Å². The zero-order chi connectivity index (χ0) is 21.9. The number of carbonyl (C=O) groups excluding carboxylic acids is 2. The SMILES string of the molecule is Cc1ccc(OCCC2CCCNC2)cc1CNC(=O)[C@H](C)NC(CC=O)C(=O)O. The largest absolute Gasteiger partial charge is 0.494 e. The van der Waals surface area contributed by atoms with Crippen molar-refractivity contribution in [3.63, 3.8) is 0 Å². The Kier molecular flexibility index (Phi) is 9.76. The molecule has 0 aromatic heterocycles. The van der Waals surface area contributed by atoms with E-state index < -0.39 is 18.1 Å². The van der Waals surface area contributed by atoms with Crippen molar-refractivity contribution in [2.24, 2.45) is 5.92 Å². The average Bonchev–Trinajstić information content (AvgIpc) is 2.74. The molecule has 0 bridgehead atoms. The van der Waals surface area contributed by atoms with E-state index in [-0.39, 0.29) is 12.3 Å². The summed E-state index contributed by atoms with van der Waals surface area (Å²) in [6, 6.07) is 4.00. The van der Waals surface area contributed by atoms with E-state index in [0.717, 1.165) is 36.4 Å². The van der Waals surface area contributed by atoms with Crippen LogP contribution in [-0.2, 0) is 20.9 Å². The number of ether oxygens (including phenoxy) is 1. The zero-order valence-corrected chi connectivity index (χ0v) is 17.8. The summed E-state index contributed by atoms with van der Waals surface area (Å²) >= 11 is 0. The highest BCUT2D eigenvalue weighted by Gasteiger charge is 2.22. The number of carboxylic acid groups (broad SMARTS) is 1. The van der Waals surface area contributed by atoms with E-state index in [1.54, 1.807) is 6.92 Å². The van der Waals surface area contributed by atoms with Crippen LogP contribution in [0.2, 0.25) is 0 Å². The second kappa shape index (κ2) is 12.3. The van der Waals surface area contributed by atoms with Gasteiger partial charge in [0, 0.05) is 13.0 Å². The fraction of sp³-hybridized carbons (Fsp3) is 0.591. The molecule has 0 aliphatic carbocycles. The van der Waals surface area contributed by atoms with Crippen molar-refractivity contribution in [2.75, 3.05) is 19.7 Å². The summed E-state index contributed by atoms with van der Waals surface area (Å²) in [4.78, 5) is 34.1. The van der Waals surface area contributed by atoms with Gasteiger partial charge in [-0.15, -0.1) is 0 Å². The minimum absolute atomic E-state index is 0.192. The van der Waals surface area contributed by atoms with Gasteiger partial charge in [-0.25, -0.2) is 0 Å². The second-order valence-corrected chi connectivity index (χ2v) is 7.84. The van der Waals surface area contributed by atoms with Gasteiger partial charge in [0.1, 0.15) is 18.1 Å². The van der Waals surface area contributed by atoms with Crippen LogP contribution in [0.25, 0.3) is 0 Å². The molecular weight excluding hydrogens is 386 g/mol. The van der Waals surface area contributed by atoms with Crippen LogP contribution >= 0.6 is 0 Å². The summed E-state index contributed by atoms with van der Waals surface area (Å²) in [5.41, 5.74) is 1.97. The van der Waals surface area contributed by atoms with Gasteiger partial charge in [-0.1, -0.05) is 6.07 Å². The minimum Gasteiger partial charge on any atom is -0.494 e. The maximum absolute atomic E-state index is 12.3. The molecule has 1 aromatic rings. The minimum atomic E-state index is -1.16. The summed E-state index contributed by atoms with van der Waals surface area (Å²) in [6.07, 6.45) is 3.80. The van der Waals surface area contributed by atoms with E-state index in [4.69, 9.17) is 9.84 Å². The fourth-order valence-corrected chi connectivity index (χ4v) is 3.49. The Hall–Kier alpha value is -2.45. The van der Waals surface area contributed by atoms with Crippen LogP contribution in [0.15, 0.2) is 18.2 Å². The molecule has 30 heavy (non-hydrogen) atoms. The third kappa shape index (κ3) is 7.76. The van der Waals surface area contributed by atoms with Crippen LogP contribution in [-0.4, -0.2) is 55.0 Å². The Bertz CT molecular complexity index is 719. The Balaban J connectivity index is 1.83. The van der Waals surface area contributed by atoms with Gasteiger partial charge < -0.3 is 25.3 Å². The predicted octanol–water partition coefficient (Wildman–Crippen LogP) is 1.40. The summed E-state index contributed by atoms with van der Waals surface area (Å²) in [7, 11) is 0. The summed E-state index contributed by atoms with van der Waals surface area (Å²) in [5, 5.41) is 18.0. The molecule has 1 aliphatic heterocycles. The number of aryl methyl sites for hydroxylation is 1. The van der Waals surface area contributed by atoms with Gasteiger partial charge in [0.15, 0.2) is 0 Å². The van der Waals surface area contributed by atoms with Crippen molar-refractivity contribution in [1.29, 1.82) is 0 Å². The van der Waals surface area contributed by atoms with Crippen LogP contribution in [0.3, 0.4) is 0 Å². The predicted molar refractivity (Wildman–Crippen MR) is 113 cm³/mol. The molecule has 8 heteroatoms. The third-order valence-electron chi connectivity index (χ3n) is 5.44. The van der Waals surface area contributed by atoms with E-state index in [0.29, 0.717) is 25.4 Å². The molecule has 1 amide bonds. The number of hydrogen-bond acceptors (Lipinski definition) is 6. The number of nitrogens with one attached hydrogen (secondary N) is 3. The number of carboxylic acids is 1. The van der Waals surface area contributed by atoms with E-state index in [2.05, 4.69) is 16.0 Å². The molecule has 1 fully saturated rings. The van der Waals surface area contributed by atoms with Gasteiger partial charge in [-0.2, -0.15) is 0 Å². The average molecular weight is 420 g/mol. The fourth-order valence-electron chi connectivity index (χ4n) is 3.49. The van der Waals surface area contributed by atoms with E-state index >= 15 is 0 Å². The van der Waals surface area contributed by atoms with Crippen LogP contribution < -0.4 is 20.7 Å². The maximum Gasteiger partial charge on any atom is 0.321 e. The van der Waals surface area contributed by atoms with Crippen LogP contribution in [0.4, 0.5) is 0 Å². The molecule has 0 spiro atoms. The van der Waals surface area contributed by atoms with Gasteiger partial charge in [0.2, 0.25) is 5.91 Å². The first kappa shape index (κ1) is 23.8. The lowest BCUT2D eigenvalue weighted by Gasteiger charge is -2.22. The standard InChI is InChI=1S/C22H33N3O5/c1-15-5-6-19(30-11-8-17-4-3-9-23-13-17)12-18(15)14-24-21(27)16(2)25-20(7-10-26)22(28)29/h5-6,10,12,16-17,20,23,25H,3-4,7-9,11,13-14H2,1-2H3,(H,24,27)(H,28,29)/t16-,17?,20?/m0/s1. The molecule has 1 saturated heterocycles. The summed E-state index contributed by atoms with van der Waals surface area (Å²) in [6.45, 7) is 6.66. The highest BCUT2D eigenvalue weighted by Crippen LogP contribution is 2.19. The van der Waals surface area contributed by atoms with E-state index in [1.165, 1.54) is 12.8 Å². The molecular formula is C22H33N3O5. The number of hydrogen-bond donors (Lipinski definition) is 4. The van der Waals surface area contributed by atoms with E-state index in [9.17, 15) is 14.4 Å². The Morgan fingerprint density at radius 3 is 2.87 bits per heavy atom. The van der Waals surface area contributed by atoms with E-state index in [1.807, 2.05) is 25.1 Å². The quantitative estimate of drug-likeness (QED) is 0.378. The van der Waals surface area contributed by atoms with Crippen molar-refractivity contribution in [3.05, 3.63) is 29.3 Å². The zero-order valence-electron chi connectivity index (χ0n) is 17.8. The summed E-state index contributed by atoms with van der Waals surface area (Å²) in [5.74, 6) is -0.0587. The van der Waals surface area contributed by atoms with Gasteiger partial charge in [-0.05, 0) is 75.4 Å². The number of aldehydes is 1. The third-order valence-corrected chi connectivity index (χ3v) is 5.44. The lowest BCUT2D eigenvalue weighted by atomic mass is 9.97. The molecule has 0 radical (unpaired) electrons. The van der Waals surface area contributed by atoms with Gasteiger partial charge >= 0.3 is 5.97 Å². The Morgan fingerprint density at radius 1 is 1.40 bits per heavy atom. The lowest BCUT2D eigenvalue weighted by Crippen LogP contribution is -2.49. The molecule has 1 aromatic carbocycles. The number of rotatable bonds is 12. The number of aliphatic carboxylic acids is 1. The highest BCUT2D eigenvalue weighted by molar-refractivity contribution is 5.83. The second-order valence-electron chi connectivity index (χ2n) is 7.84. The van der Waals surface area contributed by atoms with Gasteiger partial charge in [-0.3, -0.25) is 14.9 Å². The molecule has 1 aliphatic rings. The molecule has 3 atom stereocenters. The first-order valence-electron chi connectivity index (χ1n) is 10.5. The first-order chi connectivity index (χ1) is 14.4. The number of piperidine rings is 1. The number of carbonyl (C=O) groups is 3. The smallest absolute Gasteiger partial charge is 0.321 e. The molecule has 2 rings (SSSR count).